The van der Waals surface area contributed by atoms with E-state index in [9.17, 15) is 4.79 Å². The van der Waals surface area contributed by atoms with Crippen molar-refractivity contribution in [2.75, 3.05) is 6.54 Å². The van der Waals surface area contributed by atoms with Crippen molar-refractivity contribution in [3.05, 3.63) is 53.3 Å². The number of amides is 1. The van der Waals surface area contributed by atoms with Crippen LogP contribution < -0.4 is 5.32 Å². The molecule has 1 fully saturated rings. The van der Waals surface area contributed by atoms with Gasteiger partial charge in [0.05, 0.1) is 5.69 Å². The summed E-state index contributed by atoms with van der Waals surface area (Å²) in [6.45, 7) is 3.21. The molecule has 1 amide bonds. The molecule has 0 radical (unpaired) electrons. The second-order valence-electron chi connectivity index (χ2n) is 6.01. The summed E-state index contributed by atoms with van der Waals surface area (Å²) in [5, 5.41) is 3.81. The van der Waals surface area contributed by atoms with Gasteiger partial charge in [0.2, 0.25) is 0 Å². The number of hydrogen-bond acceptors (Lipinski definition) is 4. The van der Waals surface area contributed by atoms with Crippen LogP contribution in [0.2, 0.25) is 0 Å². The van der Waals surface area contributed by atoms with Crippen LogP contribution in [0.15, 0.2) is 36.9 Å². The Morgan fingerprint density at radius 2 is 2.12 bits per heavy atom. The Labute approximate surface area is 144 Å². The molecule has 6 nitrogen and oxygen atoms in total. The molecule has 3 aromatic heterocycles. The number of imidazole rings is 1. The normalized spacial score (nSPS) is 14.0. The van der Waals surface area contributed by atoms with Crippen LogP contribution in [0, 0.1) is 6.92 Å². The zero-order valence-corrected chi connectivity index (χ0v) is 14.3. The molecule has 1 aliphatic rings. The number of nitrogens with one attached hydrogen (secondary N) is 1. The van der Waals surface area contributed by atoms with Crippen LogP contribution in [-0.4, -0.2) is 31.6 Å². The van der Waals surface area contributed by atoms with E-state index >= 15 is 0 Å². The minimum absolute atomic E-state index is 0.0588. The Balaban J connectivity index is 1.38. The van der Waals surface area contributed by atoms with E-state index in [-0.39, 0.29) is 5.91 Å². The van der Waals surface area contributed by atoms with Gasteiger partial charge in [-0.05, 0) is 31.9 Å². The predicted octanol–water partition coefficient (Wildman–Crippen LogP) is 2.75. The highest BCUT2D eigenvalue weighted by Crippen LogP contribution is 2.38. The van der Waals surface area contributed by atoms with E-state index in [0.29, 0.717) is 17.3 Å². The highest BCUT2D eigenvalue weighted by molar-refractivity contribution is 7.16. The molecule has 0 aromatic carbocycles. The fourth-order valence-corrected chi connectivity index (χ4v) is 3.70. The number of rotatable bonds is 6. The molecular formula is C17H19N5OS. The topological polar surface area (TPSA) is 64.7 Å². The number of aromatic nitrogens is 4. The highest BCUT2D eigenvalue weighted by Gasteiger charge is 2.27. The number of hydrogen-bond donors (Lipinski definition) is 1. The maximum atomic E-state index is 12.4. The average Bonchev–Trinajstić information content (AvgIpc) is 3.00. The smallest absolute Gasteiger partial charge is 0.263 e. The third-order valence-electron chi connectivity index (χ3n) is 4.15. The molecule has 3 aromatic rings. The van der Waals surface area contributed by atoms with Crippen molar-refractivity contribution >= 4 is 17.2 Å². The van der Waals surface area contributed by atoms with E-state index < -0.39 is 0 Å². The summed E-state index contributed by atoms with van der Waals surface area (Å²) in [5.41, 5.74) is 0.766. The van der Waals surface area contributed by atoms with Gasteiger partial charge in [0, 0.05) is 43.8 Å². The van der Waals surface area contributed by atoms with Gasteiger partial charge in [-0.3, -0.25) is 4.79 Å². The average molecular weight is 341 g/mol. The molecule has 1 N–H and O–H groups in total. The molecule has 1 saturated carbocycles. The molecule has 0 unspecified atom stereocenters. The Morgan fingerprint density at radius 1 is 1.33 bits per heavy atom. The number of thiazole rings is 1. The van der Waals surface area contributed by atoms with Gasteiger partial charge < -0.3 is 14.5 Å². The van der Waals surface area contributed by atoms with Crippen molar-refractivity contribution in [2.45, 2.75) is 32.2 Å². The van der Waals surface area contributed by atoms with Gasteiger partial charge >= 0.3 is 0 Å². The lowest BCUT2D eigenvalue weighted by Gasteiger charge is -2.08. The molecule has 0 aliphatic heterocycles. The molecule has 1 aliphatic carbocycles. The molecule has 0 atom stereocenters. The molecule has 0 saturated heterocycles. The number of carbonyl (C=O) groups excluding carboxylic acids is 1. The molecule has 7 heteroatoms. The Hall–Kier alpha value is -2.41. The van der Waals surface area contributed by atoms with E-state index in [2.05, 4.69) is 19.9 Å². The SMILES string of the molecule is Cc1nc(-n2cccc2)sc1C(=O)NCCn1ccnc1C1CC1. The fourth-order valence-electron chi connectivity index (χ4n) is 2.75. The van der Waals surface area contributed by atoms with Crippen molar-refractivity contribution in [1.82, 2.24) is 24.4 Å². The maximum Gasteiger partial charge on any atom is 0.263 e. The summed E-state index contributed by atoms with van der Waals surface area (Å²) in [5.74, 6) is 1.70. The lowest BCUT2D eigenvalue weighted by molar-refractivity contribution is 0.0955. The van der Waals surface area contributed by atoms with Gasteiger partial charge in [0.1, 0.15) is 10.7 Å². The molecule has 4 rings (SSSR count). The first-order chi connectivity index (χ1) is 11.7. The van der Waals surface area contributed by atoms with Crippen LogP contribution >= 0.6 is 11.3 Å². The maximum absolute atomic E-state index is 12.4. The first-order valence-electron chi connectivity index (χ1n) is 8.12. The zero-order chi connectivity index (χ0) is 16.5. The van der Waals surface area contributed by atoms with Crippen LogP contribution in [-0.2, 0) is 6.54 Å². The van der Waals surface area contributed by atoms with Gasteiger partial charge in [-0.1, -0.05) is 11.3 Å². The van der Waals surface area contributed by atoms with Gasteiger partial charge in [-0.2, -0.15) is 0 Å². The van der Waals surface area contributed by atoms with Crippen molar-refractivity contribution in [1.29, 1.82) is 0 Å². The van der Waals surface area contributed by atoms with E-state index in [4.69, 9.17) is 0 Å². The molecule has 24 heavy (non-hydrogen) atoms. The van der Waals surface area contributed by atoms with E-state index in [1.54, 1.807) is 0 Å². The molecule has 3 heterocycles. The predicted molar refractivity (Wildman–Crippen MR) is 92.7 cm³/mol. The highest BCUT2D eigenvalue weighted by atomic mass is 32.1. The molecular weight excluding hydrogens is 322 g/mol. The summed E-state index contributed by atoms with van der Waals surface area (Å²) in [4.78, 5) is 22.0. The lowest BCUT2D eigenvalue weighted by Crippen LogP contribution is -2.27. The van der Waals surface area contributed by atoms with Gasteiger partial charge in [0.25, 0.3) is 5.91 Å². The van der Waals surface area contributed by atoms with E-state index in [1.807, 2.05) is 48.4 Å². The largest absolute Gasteiger partial charge is 0.349 e. The summed E-state index contributed by atoms with van der Waals surface area (Å²) >= 11 is 1.41. The van der Waals surface area contributed by atoms with Crippen molar-refractivity contribution in [3.8, 4) is 5.13 Å². The van der Waals surface area contributed by atoms with Crippen LogP contribution in [0.3, 0.4) is 0 Å². The first kappa shape index (κ1) is 15.1. The standard InChI is InChI=1S/C17H19N5OS/c1-12-14(24-17(20-12)22-8-2-3-9-22)16(23)19-7-11-21-10-6-18-15(21)13-4-5-13/h2-3,6,8-10,13H,4-5,7,11H2,1H3,(H,19,23). The monoisotopic (exact) mass is 341 g/mol. The second kappa shape index (κ2) is 6.24. The minimum Gasteiger partial charge on any atom is -0.349 e. The lowest BCUT2D eigenvalue weighted by atomic mass is 10.3. The van der Waals surface area contributed by atoms with Crippen molar-refractivity contribution in [3.63, 3.8) is 0 Å². The number of nitrogens with zero attached hydrogens (tertiary/aromatic N) is 4. The first-order valence-corrected chi connectivity index (χ1v) is 8.94. The van der Waals surface area contributed by atoms with Crippen molar-refractivity contribution in [2.24, 2.45) is 0 Å². The van der Waals surface area contributed by atoms with E-state index in [0.717, 1.165) is 23.2 Å². The van der Waals surface area contributed by atoms with E-state index in [1.165, 1.54) is 24.2 Å². The zero-order valence-electron chi connectivity index (χ0n) is 13.5. The van der Waals surface area contributed by atoms with Gasteiger partial charge in [-0.25, -0.2) is 9.97 Å². The summed E-state index contributed by atoms with van der Waals surface area (Å²) in [6.07, 6.45) is 10.1. The number of carbonyl (C=O) groups is 1. The van der Waals surface area contributed by atoms with Crippen LogP contribution in [0.25, 0.3) is 5.13 Å². The quantitative estimate of drug-likeness (QED) is 0.750. The minimum atomic E-state index is -0.0588. The molecule has 0 bridgehead atoms. The van der Waals surface area contributed by atoms with Crippen molar-refractivity contribution < 1.29 is 4.79 Å². The Bertz CT molecular complexity index is 844. The molecule has 124 valence electrons. The molecule has 0 spiro atoms. The second-order valence-corrected chi connectivity index (χ2v) is 6.99. The van der Waals surface area contributed by atoms with Gasteiger partial charge in [0.15, 0.2) is 5.13 Å². The van der Waals surface area contributed by atoms with Crippen LogP contribution in [0.5, 0.6) is 0 Å². The van der Waals surface area contributed by atoms with Gasteiger partial charge in [-0.15, -0.1) is 0 Å². The fraction of sp³-hybridized carbons (Fsp3) is 0.353. The summed E-state index contributed by atoms with van der Waals surface area (Å²) in [7, 11) is 0. The van der Waals surface area contributed by atoms with Crippen LogP contribution in [0.1, 0.15) is 39.9 Å². The Kier molecular flexibility index (Phi) is 3.93. The Morgan fingerprint density at radius 3 is 2.88 bits per heavy atom. The third kappa shape index (κ3) is 2.99. The number of aryl methyl sites for hydroxylation is 1. The third-order valence-corrected chi connectivity index (χ3v) is 5.31. The summed E-state index contributed by atoms with van der Waals surface area (Å²) < 4.78 is 4.06. The van der Waals surface area contributed by atoms with Crippen LogP contribution in [0.4, 0.5) is 0 Å². The summed E-state index contributed by atoms with van der Waals surface area (Å²) in [6, 6.07) is 3.89.